The number of alkyl halides is 1. The maximum Gasteiger partial charge on any atom is 0.111 e. The molecule has 0 saturated carbocycles. The molecule has 2 heterocycles. The summed E-state index contributed by atoms with van der Waals surface area (Å²) < 4.78 is 8.04. The molecule has 0 bridgehead atoms. The molecule has 108 valence electrons. The fourth-order valence-corrected chi connectivity index (χ4v) is 3.48. The summed E-state index contributed by atoms with van der Waals surface area (Å²) in [6.45, 7) is 5.09. The molecule has 20 heavy (non-hydrogen) atoms. The molecule has 2 unspecified atom stereocenters. The number of benzene rings is 1. The Morgan fingerprint density at radius 2 is 2.30 bits per heavy atom. The highest BCUT2D eigenvalue weighted by molar-refractivity contribution is 6.35. The fourth-order valence-electron chi connectivity index (χ4n) is 3.05. The van der Waals surface area contributed by atoms with Crippen LogP contribution in [0, 0.1) is 0 Å². The second-order valence-electron chi connectivity index (χ2n) is 5.53. The number of hydrogen-bond donors (Lipinski definition) is 0. The number of rotatable bonds is 3. The van der Waals surface area contributed by atoms with Crippen molar-refractivity contribution in [2.45, 2.75) is 38.3 Å². The van der Waals surface area contributed by atoms with Crippen LogP contribution in [0.15, 0.2) is 18.2 Å². The second kappa shape index (κ2) is 5.21. The van der Waals surface area contributed by atoms with Gasteiger partial charge < -0.3 is 9.30 Å². The summed E-state index contributed by atoms with van der Waals surface area (Å²) in [5.74, 6) is 1.54. The van der Waals surface area contributed by atoms with E-state index in [1.807, 2.05) is 18.2 Å². The number of nitrogens with zero attached hydrogens (tertiary/aromatic N) is 2. The molecular formula is C15H18Cl2N2O. The zero-order valence-corrected chi connectivity index (χ0v) is 13.2. The summed E-state index contributed by atoms with van der Waals surface area (Å²) in [4.78, 5) is 4.73. The fraction of sp³-hybridized carbons (Fsp3) is 0.533. The van der Waals surface area contributed by atoms with Gasteiger partial charge in [0.1, 0.15) is 5.82 Å². The lowest BCUT2D eigenvalue weighted by molar-refractivity contribution is 0.0764. The van der Waals surface area contributed by atoms with Gasteiger partial charge in [0, 0.05) is 18.9 Å². The van der Waals surface area contributed by atoms with Crippen LogP contribution in [-0.4, -0.2) is 28.1 Å². The van der Waals surface area contributed by atoms with Crippen LogP contribution < -0.4 is 0 Å². The van der Waals surface area contributed by atoms with E-state index < -0.39 is 0 Å². The summed E-state index contributed by atoms with van der Waals surface area (Å²) in [5, 5.41) is 0.733. The van der Waals surface area contributed by atoms with E-state index in [0.29, 0.717) is 5.88 Å². The van der Waals surface area contributed by atoms with Crippen LogP contribution in [0.3, 0.4) is 0 Å². The largest absolute Gasteiger partial charge is 0.376 e. The molecule has 1 aliphatic rings. The molecule has 1 aromatic carbocycles. The van der Waals surface area contributed by atoms with Gasteiger partial charge in [-0.15, -0.1) is 11.6 Å². The normalized spacial score (nSPS) is 26.5. The SMILES string of the molecule is CC1OCCC1(C)n1c(CCCl)nc2cccc(Cl)c21. The van der Waals surface area contributed by atoms with Gasteiger partial charge in [-0.1, -0.05) is 17.7 Å². The highest BCUT2D eigenvalue weighted by Crippen LogP contribution is 2.39. The smallest absolute Gasteiger partial charge is 0.111 e. The van der Waals surface area contributed by atoms with Gasteiger partial charge in [-0.25, -0.2) is 4.98 Å². The summed E-state index contributed by atoms with van der Waals surface area (Å²) in [6.07, 6.45) is 1.82. The van der Waals surface area contributed by atoms with Gasteiger partial charge in [0.2, 0.25) is 0 Å². The van der Waals surface area contributed by atoms with Crippen molar-refractivity contribution < 1.29 is 4.74 Å². The van der Waals surface area contributed by atoms with Gasteiger partial charge in [0.15, 0.2) is 0 Å². The Hall–Kier alpha value is -0.770. The van der Waals surface area contributed by atoms with Crippen molar-refractivity contribution in [3.63, 3.8) is 0 Å². The topological polar surface area (TPSA) is 27.1 Å². The molecule has 1 fully saturated rings. The van der Waals surface area contributed by atoms with Gasteiger partial charge in [0.05, 0.1) is 27.7 Å². The molecule has 0 radical (unpaired) electrons. The molecule has 0 spiro atoms. The molecule has 5 heteroatoms. The molecule has 3 nitrogen and oxygen atoms in total. The molecule has 1 aliphatic heterocycles. The van der Waals surface area contributed by atoms with E-state index in [1.54, 1.807) is 0 Å². The number of aryl methyl sites for hydroxylation is 1. The Morgan fingerprint density at radius 1 is 1.50 bits per heavy atom. The lowest BCUT2D eigenvalue weighted by Crippen LogP contribution is -2.38. The average Bonchev–Trinajstić information content (AvgIpc) is 2.93. The standard InChI is InChI=1S/C15H18Cl2N2O/c1-10-15(2,7-9-20-10)19-13(6-8-16)18-12-5-3-4-11(17)14(12)19/h3-5,10H,6-9H2,1-2H3. The van der Waals surface area contributed by atoms with E-state index in [-0.39, 0.29) is 11.6 Å². The number of para-hydroxylation sites is 1. The van der Waals surface area contributed by atoms with Crippen molar-refractivity contribution in [2.24, 2.45) is 0 Å². The number of hydrogen-bond acceptors (Lipinski definition) is 2. The minimum Gasteiger partial charge on any atom is -0.376 e. The third kappa shape index (κ3) is 2.03. The number of fused-ring (bicyclic) bond motifs is 1. The number of halogens is 2. The van der Waals surface area contributed by atoms with E-state index in [1.165, 1.54) is 0 Å². The number of ether oxygens (including phenoxy) is 1. The molecule has 3 rings (SSSR count). The first-order valence-electron chi connectivity index (χ1n) is 6.92. The molecule has 0 aliphatic carbocycles. The van der Waals surface area contributed by atoms with Crippen LogP contribution in [0.25, 0.3) is 11.0 Å². The van der Waals surface area contributed by atoms with Crippen LogP contribution in [0.4, 0.5) is 0 Å². The number of imidazole rings is 1. The van der Waals surface area contributed by atoms with E-state index in [0.717, 1.165) is 41.3 Å². The van der Waals surface area contributed by atoms with Crippen LogP contribution >= 0.6 is 23.2 Å². The summed E-state index contributed by atoms with van der Waals surface area (Å²) in [6, 6.07) is 5.85. The second-order valence-corrected chi connectivity index (χ2v) is 6.32. The van der Waals surface area contributed by atoms with E-state index in [2.05, 4.69) is 18.4 Å². The number of aromatic nitrogens is 2. The molecule has 2 aromatic rings. The van der Waals surface area contributed by atoms with Gasteiger partial charge >= 0.3 is 0 Å². The Morgan fingerprint density at radius 3 is 2.95 bits per heavy atom. The first-order valence-corrected chi connectivity index (χ1v) is 7.83. The average molecular weight is 313 g/mol. The zero-order chi connectivity index (χ0) is 14.3. The predicted octanol–water partition coefficient (Wildman–Crippen LogP) is 4.00. The summed E-state index contributed by atoms with van der Waals surface area (Å²) in [5.41, 5.74) is 1.80. The van der Waals surface area contributed by atoms with Crippen LogP contribution in [0.1, 0.15) is 26.1 Å². The third-order valence-electron chi connectivity index (χ3n) is 4.38. The van der Waals surface area contributed by atoms with Crippen molar-refractivity contribution in [3.05, 3.63) is 29.0 Å². The van der Waals surface area contributed by atoms with E-state index >= 15 is 0 Å². The Kier molecular flexibility index (Phi) is 3.69. The van der Waals surface area contributed by atoms with E-state index in [4.69, 9.17) is 32.9 Å². The molecule has 1 saturated heterocycles. The third-order valence-corrected chi connectivity index (χ3v) is 4.87. The molecule has 2 atom stereocenters. The van der Waals surface area contributed by atoms with Crippen molar-refractivity contribution in [1.29, 1.82) is 0 Å². The lowest BCUT2D eigenvalue weighted by atomic mass is 9.93. The first-order chi connectivity index (χ1) is 9.58. The van der Waals surface area contributed by atoms with Gasteiger partial charge in [-0.3, -0.25) is 0 Å². The minimum absolute atomic E-state index is 0.124. The highest BCUT2D eigenvalue weighted by atomic mass is 35.5. The zero-order valence-electron chi connectivity index (χ0n) is 11.7. The van der Waals surface area contributed by atoms with E-state index in [9.17, 15) is 0 Å². The highest BCUT2D eigenvalue weighted by Gasteiger charge is 2.41. The maximum atomic E-state index is 6.43. The first kappa shape index (κ1) is 14.2. The van der Waals surface area contributed by atoms with Crippen molar-refractivity contribution in [2.75, 3.05) is 12.5 Å². The minimum atomic E-state index is -0.124. The molecule has 0 amide bonds. The Labute approximate surface area is 128 Å². The summed E-state index contributed by atoms with van der Waals surface area (Å²) in [7, 11) is 0. The van der Waals surface area contributed by atoms with Crippen LogP contribution in [-0.2, 0) is 16.7 Å². The summed E-state index contributed by atoms with van der Waals surface area (Å²) >= 11 is 12.4. The monoisotopic (exact) mass is 312 g/mol. The quantitative estimate of drug-likeness (QED) is 0.801. The van der Waals surface area contributed by atoms with Crippen molar-refractivity contribution in [1.82, 2.24) is 9.55 Å². The van der Waals surface area contributed by atoms with Gasteiger partial charge in [0.25, 0.3) is 0 Å². The lowest BCUT2D eigenvalue weighted by Gasteiger charge is -2.32. The van der Waals surface area contributed by atoms with Crippen LogP contribution in [0.2, 0.25) is 5.02 Å². The van der Waals surface area contributed by atoms with Crippen molar-refractivity contribution >= 4 is 34.2 Å². The maximum absolute atomic E-state index is 6.43. The van der Waals surface area contributed by atoms with Crippen molar-refractivity contribution in [3.8, 4) is 0 Å². The van der Waals surface area contributed by atoms with Gasteiger partial charge in [-0.05, 0) is 32.4 Å². The Bertz CT molecular complexity index is 640. The Balaban J connectivity index is 2.28. The molecular weight excluding hydrogens is 295 g/mol. The van der Waals surface area contributed by atoms with Gasteiger partial charge in [-0.2, -0.15) is 0 Å². The molecule has 0 N–H and O–H groups in total. The van der Waals surface area contributed by atoms with Crippen LogP contribution in [0.5, 0.6) is 0 Å². The molecule has 1 aromatic heterocycles. The predicted molar refractivity (Wildman–Crippen MR) is 82.8 cm³/mol.